The molecule has 30 heavy (non-hydrogen) atoms. The second-order valence-electron chi connectivity index (χ2n) is 7.73. The number of aromatic nitrogens is 1. The van der Waals surface area contributed by atoms with Crippen LogP contribution in [0.2, 0.25) is 0 Å². The van der Waals surface area contributed by atoms with E-state index in [1.165, 1.54) is 5.56 Å². The molecule has 0 N–H and O–H groups in total. The first-order chi connectivity index (χ1) is 14.6. The number of benzene rings is 2. The van der Waals surface area contributed by atoms with Gasteiger partial charge in [-0.2, -0.15) is 0 Å². The van der Waals surface area contributed by atoms with E-state index in [0.717, 1.165) is 48.9 Å². The number of oxazole rings is 1. The molecule has 1 aliphatic rings. The summed E-state index contributed by atoms with van der Waals surface area (Å²) in [5.74, 6) is 2.86. The van der Waals surface area contributed by atoms with Gasteiger partial charge in [-0.25, -0.2) is 4.98 Å². The fraction of sp³-hybridized carbons (Fsp3) is 0.375. The Morgan fingerprint density at radius 3 is 2.60 bits per heavy atom. The van der Waals surface area contributed by atoms with Crippen LogP contribution in [0.4, 0.5) is 0 Å². The predicted octanol–water partition coefficient (Wildman–Crippen LogP) is 4.16. The summed E-state index contributed by atoms with van der Waals surface area (Å²) in [7, 11) is 5.49. The average Bonchev–Trinajstić information content (AvgIpc) is 3.15. The van der Waals surface area contributed by atoms with Gasteiger partial charge in [0.15, 0.2) is 0 Å². The molecule has 0 radical (unpaired) electrons. The van der Waals surface area contributed by atoms with Crippen molar-refractivity contribution in [2.75, 3.05) is 40.9 Å². The van der Waals surface area contributed by atoms with Gasteiger partial charge in [0.05, 0.1) is 25.5 Å². The number of methoxy groups -OCH3 is 2. The summed E-state index contributed by atoms with van der Waals surface area (Å²) in [5, 5.41) is 0. The van der Waals surface area contributed by atoms with Crippen LogP contribution in [0.3, 0.4) is 0 Å². The minimum absolute atomic E-state index is 0.380. The number of likely N-dealkylation sites (N-methyl/N-ethyl adjacent to an activating group) is 1. The van der Waals surface area contributed by atoms with Crippen molar-refractivity contribution < 1.29 is 13.9 Å². The zero-order chi connectivity index (χ0) is 21.1. The highest BCUT2D eigenvalue weighted by molar-refractivity contribution is 5.65. The molecule has 0 unspecified atom stereocenters. The maximum absolute atomic E-state index is 6.03. The number of rotatable bonds is 6. The Morgan fingerprint density at radius 1 is 1.07 bits per heavy atom. The molecular weight excluding hydrogens is 378 g/mol. The minimum atomic E-state index is 0.380. The number of aryl methyl sites for hydroxylation is 1. The molecule has 4 rings (SSSR count). The van der Waals surface area contributed by atoms with E-state index in [-0.39, 0.29) is 0 Å². The fourth-order valence-corrected chi connectivity index (χ4v) is 3.99. The third kappa shape index (κ3) is 4.20. The third-order valence-electron chi connectivity index (χ3n) is 5.82. The van der Waals surface area contributed by atoms with E-state index in [0.29, 0.717) is 17.7 Å². The molecule has 0 saturated carbocycles. The summed E-state index contributed by atoms with van der Waals surface area (Å²) in [6.45, 7) is 5.73. The number of ether oxygens (including phenoxy) is 2. The SMILES string of the molecule is COc1ccc(OC)c(-c2nc(CN3CCN(C)[C@@H](c4ccccc4)C3)c(C)o2)c1. The van der Waals surface area contributed by atoms with Crippen molar-refractivity contribution in [2.24, 2.45) is 0 Å². The molecule has 2 heterocycles. The van der Waals surface area contributed by atoms with Crippen molar-refractivity contribution >= 4 is 0 Å². The Bertz CT molecular complexity index is 987. The lowest BCUT2D eigenvalue weighted by Gasteiger charge is -2.39. The van der Waals surface area contributed by atoms with Gasteiger partial charge in [-0.1, -0.05) is 30.3 Å². The summed E-state index contributed by atoms with van der Waals surface area (Å²) in [4.78, 5) is 9.70. The van der Waals surface area contributed by atoms with Gasteiger partial charge in [-0.05, 0) is 37.7 Å². The molecule has 1 saturated heterocycles. The van der Waals surface area contributed by atoms with Crippen LogP contribution in [0.25, 0.3) is 11.5 Å². The minimum Gasteiger partial charge on any atom is -0.497 e. The van der Waals surface area contributed by atoms with Crippen molar-refractivity contribution in [1.82, 2.24) is 14.8 Å². The molecule has 1 atom stereocenters. The number of nitrogens with zero attached hydrogens (tertiary/aromatic N) is 3. The molecule has 0 bridgehead atoms. The molecule has 1 fully saturated rings. The highest BCUT2D eigenvalue weighted by Gasteiger charge is 2.27. The molecule has 3 aromatic rings. The largest absolute Gasteiger partial charge is 0.497 e. The van der Waals surface area contributed by atoms with Crippen LogP contribution in [-0.2, 0) is 6.54 Å². The third-order valence-corrected chi connectivity index (χ3v) is 5.82. The lowest BCUT2D eigenvalue weighted by atomic mass is 10.0. The molecule has 1 aliphatic heterocycles. The fourth-order valence-electron chi connectivity index (χ4n) is 3.99. The zero-order valence-electron chi connectivity index (χ0n) is 18.1. The molecule has 0 amide bonds. The molecule has 0 spiro atoms. The highest BCUT2D eigenvalue weighted by atomic mass is 16.5. The molecule has 6 nitrogen and oxygen atoms in total. The lowest BCUT2D eigenvalue weighted by Crippen LogP contribution is -2.46. The molecule has 6 heteroatoms. The topological polar surface area (TPSA) is 51.0 Å². The Balaban J connectivity index is 1.55. The second-order valence-corrected chi connectivity index (χ2v) is 7.73. The lowest BCUT2D eigenvalue weighted by molar-refractivity contribution is 0.0894. The monoisotopic (exact) mass is 407 g/mol. The Labute approximate surface area is 178 Å². The van der Waals surface area contributed by atoms with Gasteiger partial charge in [0, 0.05) is 32.2 Å². The maximum atomic E-state index is 6.03. The van der Waals surface area contributed by atoms with Gasteiger partial charge in [-0.15, -0.1) is 0 Å². The van der Waals surface area contributed by atoms with Crippen LogP contribution in [0.1, 0.15) is 23.1 Å². The van der Waals surface area contributed by atoms with Crippen LogP contribution < -0.4 is 9.47 Å². The van der Waals surface area contributed by atoms with E-state index < -0.39 is 0 Å². The van der Waals surface area contributed by atoms with Crippen molar-refractivity contribution in [2.45, 2.75) is 19.5 Å². The zero-order valence-corrected chi connectivity index (χ0v) is 18.1. The smallest absolute Gasteiger partial charge is 0.230 e. The van der Waals surface area contributed by atoms with E-state index in [4.69, 9.17) is 18.9 Å². The molecule has 158 valence electrons. The van der Waals surface area contributed by atoms with Crippen molar-refractivity contribution in [1.29, 1.82) is 0 Å². The first kappa shape index (κ1) is 20.4. The summed E-state index contributed by atoms with van der Waals surface area (Å²) in [5.41, 5.74) is 3.11. The summed E-state index contributed by atoms with van der Waals surface area (Å²) in [6, 6.07) is 16.7. The number of hydrogen-bond donors (Lipinski definition) is 0. The first-order valence-electron chi connectivity index (χ1n) is 10.2. The quantitative estimate of drug-likeness (QED) is 0.612. The summed E-state index contributed by atoms with van der Waals surface area (Å²) < 4.78 is 16.9. The van der Waals surface area contributed by atoms with E-state index in [2.05, 4.69) is 47.2 Å². The maximum Gasteiger partial charge on any atom is 0.230 e. The first-order valence-corrected chi connectivity index (χ1v) is 10.2. The number of hydrogen-bond acceptors (Lipinski definition) is 6. The van der Waals surface area contributed by atoms with Gasteiger partial charge in [0.25, 0.3) is 0 Å². The van der Waals surface area contributed by atoms with Gasteiger partial charge in [0.1, 0.15) is 17.3 Å². The Kier molecular flexibility index (Phi) is 6.06. The van der Waals surface area contributed by atoms with Gasteiger partial charge in [-0.3, -0.25) is 9.80 Å². The van der Waals surface area contributed by atoms with E-state index >= 15 is 0 Å². The molecule has 1 aromatic heterocycles. The Hall–Kier alpha value is -2.83. The molecular formula is C24H29N3O3. The standard InChI is InChI=1S/C24H29N3O3/c1-17-21(25-24(30-17)20-14-19(28-3)10-11-23(20)29-4)15-27-13-12-26(2)22(16-27)18-8-6-5-7-9-18/h5-11,14,22H,12-13,15-16H2,1-4H3/t22-/m1/s1. The predicted molar refractivity (Wildman–Crippen MR) is 117 cm³/mol. The van der Waals surface area contributed by atoms with Gasteiger partial charge >= 0.3 is 0 Å². The van der Waals surface area contributed by atoms with Gasteiger partial charge in [0.2, 0.25) is 5.89 Å². The van der Waals surface area contributed by atoms with Crippen LogP contribution in [-0.4, -0.2) is 55.7 Å². The van der Waals surface area contributed by atoms with E-state index in [1.54, 1.807) is 14.2 Å². The normalized spacial score (nSPS) is 17.8. The Morgan fingerprint density at radius 2 is 1.87 bits per heavy atom. The van der Waals surface area contributed by atoms with Crippen molar-refractivity contribution in [3.8, 4) is 23.0 Å². The van der Waals surface area contributed by atoms with Crippen molar-refractivity contribution in [3.05, 3.63) is 65.5 Å². The van der Waals surface area contributed by atoms with E-state index in [1.807, 2.05) is 25.1 Å². The molecule has 0 aliphatic carbocycles. The van der Waals surface area contributed by atoms with Gasteiger partial charge < -0.3 is 13.9 Å². The van der Waals surface area contributed by atoms with Crippen LogP contribution in [0, 0.1) is 6.92 Å². The summed E-state index contributed by atoms with van der Waals surface area (Å²) in [6.07, 6.45) is 0. The highest BCUT2D eigenvalue weighted by Crippen LogP contribution is 2.34. The van der Waals surface area contributed by atoms with Crippen molar-refractivity contribution in [3.63, 3.8) is 0 Å². The van der Waals surface area contributed by atoms with Crippen LogP contribution >= 0.6 is 0 Å². The second kappa shape index (κ2) is 8.90. The van der Waals surface area contributed by atoms with Crippen LogP contribution in [0.15, 0.2) is 52.9 Å². The summed E-state index contributed by atoms with van der Waals surface area (Å²) >= 11 is 0. The average molecular weight is 408 g/mol. The van der Waals surface area contributed by atoms with E-state index in [9.17, 15) is 0 Å². The number of piperazine rings is 1. The van der Waals surface area contributed by atoms with Crippen LogP contribution in [0.5, 0.6) is 11.5 Å². The molecule has 2 aromatic carbocycles.